The minimum Gasteiger partial charge on any atom is -0.274 e. The first-order chi connectivity index (χ1) is 28.2. The molecule has 5 aromatic heterocycles. The number of benzene rings is 1. The normalized spacial score (nSPS) is 14.2. The number of unbranched alkanes of at least 4 members (excludes halogenated alkanes) is 7. The van der Waals surface area contributed by atoms with E-state index in [-0.39, 0.29) is 11.8 Å². The van der Waals surface area contributed by atoms with Crippen molar-refractivity contribution < 1.29 is 9.59 Å². The van der Waals surface area contributed by atoms with Gasteiger partial charge in [-0.1, -0.05) is 118 Å². The van der Waals surface area contributed by atoms with Crippen molar-refractivity contribution in [2.24, 2.45) is 11.8 Å². The lowest BCUT2D eigenvalue weighted by Gasteiger charge is -2.14. The van der Waals surface area contributed by atoms with Gasteiger partial charge in [-0.25, -0.2) is 0 Å². The van der Waals surface area contributed by atoms with Crippen molar-refractivity contribution >= 4 is 88.7 Å². The molecule has 0 saturated carbocycles. The monoisotopic (exact) mass is 869 g/mol. The van der Waals surface area contributed by atoms with Gasteiger partial charge in [0.05, 0.1) is 16.0 Å². The van der Waals surface area contributed by atoms with Gasteiger partial charge in [-0.3, -0.25) is 14.5 Å². The van der Waals surface area contributed by atoms with Crippen LogP contribution in [0.5, 0.6) is 0 Å². The second kappa shape index (κ2) is 19.8. The summed E-state index contributed by atoms with van der Waals surface area (Å²) in [6, 6.07) is 14.4. The average molecular weight is 870 g/mol. The molecule has 0 N–H and O–H groups in total. The molecule has 0 spiro atoms. The highest BCUT2D eigenvalue weighted by atomic mass is 32.1. The molecule has 0 fully saturated rings. The van der Waals surface area contributed by atoms with Gasteiger partial charge < -0.3 is 0 Å². The summed E-state index contributed by atoms with van der Waals surface area (Å²) in [6.07, 6.45) is 19.2. The molecule has 1 aliphatic heterocycles. The summed E-state index contributed by atoms with van der Waals surface area (Å²) in [4.78, 5) is 39.7. The number of carbonyl (C=O) groups excluding carboxylic acids is 2. The first kappa shape index (κ1) is 43.5. The number of carbonyl (C=O) groups is 2. The number of rotatable bonds is 22. The van der Waals surface area contributed by atoms with E-state index in [4.69, 9.17) is 0 Å². The maximum Gasteiger partial charge on any atom is 0.263 e. The van der Waals surface area contributed by atoms with Crippen molar-refractivity contribution in [1.82, 2.24) is 4.90 Å². The van der Waals surface area contributed by atoms with Crippen LogP contribution in [0.4, 0.5) is 0 Å². The number of fused-ring (bicyclic) bond motifs is 3. The molecule has 1 aliphatic rings. The van der Waals surface area contributed by atoms with Gasteiger partial charge in [-0.05, 0) is 81.3 Å². The average Bonchev–Trinajstić information content (AvgIpc) is 4.08. The summed E-state index contributed by atoms with van der Waals surface area (Å²) < 4.78 is 2.66. The van der Waals surface area contributed by atoms with E-state index < -0.39 is 0 Å². The van der Waals surface area contributed by atoms with E-state index >= 15 is 0 Å². The number of imide groups is 1. The minimum atomic E-state index is -0.102. The third kappa shape index (κ3) is 9.03. The second-order valence-electron chi connectivity index (χ2n) is 16.7. The molecule has 2 amide bonds. The van der Waals surface area contributed by atoms with Crippen LogP contribution in [0.3, 0.4) is 0 Å². The van der Waals surface area contributed by atoms with Gasteiger partial charge in [0.15, 0.2) is 0 Å². The van der Waals surface area contributed by atoms with Crippen molar-refractivity contribution in [1.29, 1.82) is 0 Å². The maximum atomic E-state index is 14.2. The summed E-state index contributed by atoms with van der Waals surface area (Å²) in [6.45, 7) is 16.3. The van der Waals surface area contributed by atoms with Gasteiger partial charge in [0.1, 0.15) is 0 Å². The molecule has 58 heavy (non-hydrogen) atoms. The molecule has 6 heterocycles. The fourth-order valence-electron chi connectivity index (χ4n) is 8.99. The third-order valence-electron chi connectivity index (χ3n) is 12.4. The Morgan fingerprint density at radius 3 is 1.66 bits per heavy atom. The van der Waals surface area contributed by atoms with Gasteiger partial charge >= 0.3 is 0 Å². The topological polar surface area (TPSA) is 37.4 Å². The van der Waals surface area contributed by atoms with Crippen LogP contribution >= 0.6 is 56.7 Å². The molecular weight excluding hydrogens is 807 g/mol. The zero-order valence-electron chi connectivity index (χ0n) is 35.9. The summed E-state index contributed by atoms with van der Waals surface area (Å²) in [5.41, 5.74) is 3.95. The number of thiophene rings is 5. The molecule has 0 radical (unpaired) electrons. The van der Waals surface area contributed by atoms with E-state index in [9.17, 15) is 9.59 Å². The standard InChI is InChI=1S/C50H63NO2S5/c1-8-13-16-17-18-19-26-51-49(52)42-32(7)55-48(45(42)50(51)53)41-30-38-44(40-25-23-36(57-40)29-34(12-5)21-15-10-3)46-37(27-31(6)54-46)43(47(38)58-41)39-24-22-35(56-39)28-33(11-4)20-14-9-2/h22-25,27,30,33-34H,8-21,26,28-29H2,1-7H3. The highest BCUT2D eigenvalue weighted by Gasteiger charge is 2.41. The quantitative estimate of drug-likeness (QED) is 0.0503. The SMILES string of the molecule is CCCCCCCCN1C(=O)c2c(C)sc(-c3cc4c(-c5ccc(CC(CC)CCCC)s5)c5sc(C)cc5c(-c5ccc(CC(CC)CCCC)s5)c4s3)c2C1=O. The van der Waals surface area contributed by atoms with E-state index in [1.54, 1.807) is 16.2 Å². The smallest absolute Gasteiger partial charge is 0.263 e. The molecule has 8 heteroatoms. The molecule has 7 rings (SSSR count). The summed E-state index contributed by atoms with van der Waals surface area (Å²) in [5.74, 6) is 1.24. The van der Waals surface area contributed by atoms with Crippen LogP contribution in [-0.4, -0.2) is 23.3 Å². The Hall–Kier alpha value is -2.62. The number of aryl methyl sites for hydroxylation is 2. The summed E-state index contributed by atoms with van der Waals surface area (Å²) >= 11 is 9.34. The molecule has 2 unspecified atom stereocenters. The zero-order chi connectivity index (χ0) is 40.9. The zero-order valence-corrected chi connectivity index (χ0v) is 40.0. The number of nitrogens with zero attached hydrogens (tertiary/aromatic N) is 1. The largest absolute Gasteiger partial charge is 0.274 e. The Morgan fingerprint density at radius 2 is 1.07 bits per heavy atom. The fraction of sp³-hybridized carbons (Fsp3) is 0.520. The van der Waals surface area contributed by atoms with Crippen molar-refractivity contribution in [2.45, 2.75) is 151 Å². The molecule has 2 atom stereocenters. The van der Waals surface area contributed by atoms with E-state index in [0.29, 0.717) is 17.7 Å². The van der Waals surface area contributed by atoms with Crippen molar-refractivity contribution in [3.63, 3.8) is 0 Å². The lowest BCUT2D eigenvalue weighted by Crippen LogP contribution is -2.31. The molecule has 6 aromatic rings. The first-order valence-electron chi connectivity index (χ1n) is 22.4. The predicted molar refractivity (Wildman–Crippen MR) is 259 cm³/mol. The van der Waals surface area contributed by atoms with Crippen molar-refractivity contribution in [3.05, 3.63) is 67.0 Å². The Labute approximate surface area is 367 Å². The van der Waals surface area contributed by atoms with Gasteiger partial charge in [0, 0.05) is 72.0 Å². The summed E-state index contributed by atoms with van der Waals surface area (Å²) in [7, 11) is 0. The molecule has 1 aromatic carbocycles. The highest BCUT2D eigenvalue weighted by molar-refractivity contribution is 7.28. The number of amides is 2. The Kier molecular flexibility index (Phi) is 14.9. The fourth-order valence-corrected chi connectivity index (χ4v) is 15.1. The molecular formula is C50H63NO2S5. The first-order valence-corrected chi connectivity index (χ1v) is 26.5. The van der Waals surface area contributed by atoms with E-state index in [0.717, 1.165) is 58.6 Å². The van der Waals surface area contributed by atoms with Gasteiger partial charge in [-0.2, -0.15) is 0 Å². The lowest BCUT2D eigenvalue weighted by molar-refractivity contribution is 0.0651. The molecule has 310 valence electrons. The molecule has 0 bridgehead atoms. The van der Waals surface area contributed by atoms with Crippen LogP contribution < -0.4 is 0 Å². The highest BCUT2D eigenvalue weighted by Crippen LogP contribution is 2.54. The van der Waals surface area contributed by atoms with Crippen molar-refractivity contribution in [3.8, 4) is 30.6 Å². The summed E-state index contributed by atoms with van der Waals surface area (Å²) in [5, 5.41) is 2.62. The van der Waals surface area contributed by atoms with Gasteiger partial charge in [-0.15, -0.1) is 56.7 Å². The molecule has 0 aliphatic carbocycles. The van der Waals surface area contributed by atoms with Crippen LogP contribution in [0.1, 0.15) is 165 Å². The number of hydrogen-bond acceptors (Lipinski definition) is 7. The predicted octanol–water partition coefficient (Wildman–Crippen LogP) is 17.4. The maximum absolute atomic E-state index is 14.2. The Morgan fingerprint density at radius 1 is 0.534 bits per heavy atom. The van der Waals surface area contributed by atoms with Crippen LogP contribution in [0.2, 0.25) is 0 Å². The van der Waals surface area contributed by atoms with Crippen LogP contribution in [0.25, 0.3) is 50.8 Å². The van der Waals surface area contributed by atoms with E-state index in [2.05, 4.69) is 77.9 Å². The van der Waals surface area contributed by atoms with E-state index in [1.165, 1.54) is 126 Å². The van der Waals surface area contributed by atoms with Gasteiger partial charge in [0.2, 0.25) is 0 Å². The molecule has 0 saturated heterocycles. The van der Waals surface area contributed by atoms with E-state index in [1.807, 2.05) is 52.3 Å². The minimum absolute atomic E-state index is 0.0992. The van der Waals surface area contributed by atoms with Crippen LogP contribution in [-0.2, 0) is 12.8 Å². The van der Waals surface area contributed by atoms with Crippen LogP contribution in [0, 0.1) is 25.7 Å². The van der Waals surface area contributed by atoms with Gasteiger partial charge in [0.25, 0.3) is 11.8 Å². The van der Waals surface area contributed by atoms with Crippen molar-refractivity contribution in [2.75, 3.05) is 6.54 Å². The van der Waals surface area contributed by atoms with Crippen LogP contribution in [0.15, 0.2) is 36.4 Å². The Balaban J connectivity index is 1.34. The third-order valence-corrected chi connectivity index (χ3v) is 18.2. The Bertz CT molecular complexity index is 2230. The lowest BCUT2D eigenvalue weighted by atomic mass is 9.95. The number of hydrogen-bond donors (Lipinski definition) is 0. The molecule has 3 nitrogen and oxygen atoms in total. The second-order valence-corrected chi connectivity index (χ2v) is 22.6.